The van der Waals surface area contributed by atoms with Crippen molar-refractivity contribution in [2.75, 3.05) is 20.6 Å². The van der Waals surface area contributed by atoms with E-state index in [-0.39, 0.29) is 11.4 Å². The normalized spacial score (nSPS) is 18.2. The van der Waals surface area contributed by atoms with E-state index >= 15 is 0 Å². The van der Waals surface area contributed by atoms with E-state index in [0.29, 0.717) is 0 Å². The molecule has 1 aromatic heterocycles. The van der Waals surface area contributed by atoms with Crippen molar-refractivity contribution in [2.24, 2.45) is 0 Å². The van der Waals surface area contributed by atoms with Crippen molar-refractivity contribution in [3.8, 4) is 0 Å². The van der Waals surface area contributed by atoms with Crippen LogP contribution < -0.4 is 5.32 Å². The van der Waals surface area contributed by atoms with Gasteiger partial charge in [-0.15, -0.1) is 11.3 Å². The van der Waals surface area contributed by atoms with Crippen LogP contribution in [0, 0.1) is 6.92 Å². The Morgan fingerprint density at radius 2 is 2.05 bits per heavy atom. The largest absolute Gasteiger partial charge is 0.349 e. The van der Waals surface area contributed by atoms with Crippen molar-refractivity contribution >= 4 is 33.2 Å². The second-order valence-corrected chi connectivity index (χ2v) is 8.30. The predicted molar refractivity (Wildman–Crippen MR) is 88.6 cm³/mol. The van der Waals surface area contributed by atoms with E-state index in [2.05, 4.69) is 40.2 Å². The fourth-order valence-corrected chi connectivity index (χ4v) is 4.35. The Morgan fingerprint density at radius 1 is 1.40 bits per heavy atom. The smallest absolute Gasteiger partial charge is 0.261 e. The van der Waals surface area contributed by atoms with E-state index in [9.17, 15) is 4.79 Å². The molecule has 20 heavy (non-hydrogen) atoms. The van der Waals surface area contributed by atoms with Gasteiger partial charge in [0.1, 0.15) is 0 Å². The molecule has 112 valence electrons. The Hall–Kier alpha value is -0.390. The molecule has 0 atom stereocenters. The number of carbonyl (C=O) groups is 1. The molecule has 0 spiro atoms. The second-order valence-electron chi connectivity index (χ2n) is 5.93. The van der Waals surface area contributed by atoms with Gasteiger partial charge in [0.15, 0.2) is 0 Å². The summed E-state index contributed by atoms with van der Waals surface area (Å²) in [7, 11) is 4.26. The number of hydrogen-bond acceptors (Lipinski definition) is 3. The van der Waals surface area contributed by atoms with Crippen LogP contribution in [0.5, 0.6) is 0 Å². The lowest BCUT2D eigenvalue weighted by atomic mass is 9.80. The molecule has 3 nitrogen and oxygen atoms in total. The summed E-state index contributed by atoms with van der Waals surface area (Å²) in [5, 5.41) is 3.14. The number of carbonyl (C=O) groups excluding carboxylic acids is 1. The van der Waals surface area contributed by atoms with Crippen LogP contribution in [0.4, 0.5) is 0 Å². The minimum Gasteiger partial charge on any atom is -0.349 e. The minimum absolute atomic E-state index is 0.0515. The number of rotatable bonds is 4. The van der Waals surface area contributed by atoms with Gasteiger partial charge in [-0.2, -0.15) is 0 Å². The zero-order valence-corrected chi connectivity index (χ0v) is 14.9. The van der Waals surface area contributed by atoms with Crippen LogP contribution in [0.25, 0.3) is 0 Å². The van der Waals surface area contributed by atoms with Crippen LogP contribution in [0.2, 0.25) is 0 Å². The molecule has 5 heteroatoms. The first-order valence-corrected chi connectivity index (χ1v) is 8.77. The van der Waals surface area contributed by atoms with Gasteiger partial charge in [0.25, 0.3) is 5.91 Å². The summed E-state index contributed by atoms with van der Waals surface area (Å²) in [6.07, 6.45) is 6.19. The summed E-state index contributed by atoms with van der Waals surface area (Å²) in [4.78, 5) is 15.4. The van der Waals surface area contributed by atoms with Crippen molar-refractivity contribution in [3.63, 3.8) is 0 Å². The molecule has 1 N–H and O–H groups in total. The van der Waals surface area contributed by atoms with E-state index in [1.54, 1.807) is 0 Å². The van der Waals surface area contributed by atoms with Crippen LogP contribution in [0.15, 0.2) is 9.85 Å². The van der Waals surface area contributed by atoms with Crippen LogP contribution >= 0.6 is 27.3 Å². The number of amides is 1. The molecule has 1 fully saturated rings. The van der Waals surface area contributed by atoms with Crippen LogP contribution in [0.3, 0.4) is 0 Å². The number of halogens is 1. The fraction of sp³-hybridized carbons (Fsp3) is 0.667. The predicted octanol–water partition coefficient (Wildman–Crippen LogP) is 3.81. The average Bonchev–Trinajstić information content (AvgIpc) is 2.77. The number of hydrogen-bond donors (Lipinski definition) is 1. The molecule has 1 amide bonds. The highest BCUT2D eigenvalue weighted by atomic mass is 79.9. The molecule has 0 saturated heterocycles. The number of likely N-dealkylation sites (N-methyl/N-ethyl adjacent to an activating group) is 1. The highest BCUT2D eigenvalue weighted by Crippen LogP contribution is 2.32. The second kappa shape index (κ2) is 6.58. The van der Waals surface area contributed by atoms with Crippen molar-refractivity contribution < 1.29 is 4.79 Å². The Kier molecular flexibility index (Phi) is 5.26. The molecule has 1 saturated carbocycles. The first-order valence-electron chi connectivity index (χ1n) is 7.16. The lowest BCUT2D eigenvalue weighted by Gasteiger charge is -2.43. The first kappa shape index (κ1) is 16.0. The van der Waals surface area contributed by atoms with Gasteiger partial charge in [0.2, 0.25) is 0 Å². The molecule has 2 rings (SSSR count). The maximum Gasteiger partial charge on any atom is 0.261 e. The monoisotopic (exact) mass is 358 g/mol. The third-order valence-corrected chi connectivity index (χ3v) is 6.53. The van der Waals surface area contributed by atoms with Crippen LogP contribution in [-0.2, 0) is 0 Å². The molecule has 1 aromatic rings. The topological polar surface area (TPSA) is 32.3 Å². The third kappa shape index (κ3) is 3.43. The summed E-state index contributed by atoms with van der Waals surface area (Å²) >= 11 is 4.98. The highest BCUT2D eigenvalue weighted by Gasteiger charge is 2.34. The van der Waals surface area contributed by atoms with Crippen molar-refractivity contribution in [2.45, 2.75) is 44.6 Å². The lowest BCUT2D eigenvalue weighted by molar-refractivity contribution is 0.0802. The molecule has 0 aromatic carbocycles. The van der Waals surface area contributed by atoms with Gasteiger partial charge in [-0.25, -0.2) is 0 Å². The molecule has 0 radical (unpaired) electrons. The summed E-state index contributed by atoms with van der Waals surface area (Å²) in [5.74, 6) is 0.0515. The summed E-state index contributed by atoms with van der Waals surface area (Å²) in [6.45, 7) is 2.76. The molecule has 1 heterocycles. The molecule has 1 aliphatic carbocycles. The maximum atomic E-state index is 12.3. The standard InChI is InChI=1S/C15H23BrN2OS/c1-11-9-12(20-13(11)16)14(19)17-10-15(18(2)3)7-5-4-6-8-15/h9H,4-8,10H2,1-3H3,(H,17,19). The van der Waals surface area contributed by atoms with Gasteiger partial charge in [-0.05, 0) is 61.4 Å². The van der Waals surface area contributed by atoms with Gasteiger partial charge < -0.3 is 10.2 Å². The first-order chi connectivity index (χ1) is 9.44. The number of nitrogens with zero attached hydrogens (tertiary/aromatic N) is 1. The van der Waals surface area contributed by atoms with Gasteiger partial charge >= 0.3 is 0 Å². The van der Waals surface area contributed by atoms with Crippen molar-refractivity contribution in [3.05, 3.63) is 20.3 Å². The van der Waals surface area contributed by atoms with Gasteiger partial charge in [0, 0.05) is 12.1 Å². The Bertz CT molecular complexity index is 459. The van der Waals surface area contributed by atoms with E-state index in [4.69, 9.17) is 0 Å². The third-order valence-electron chi connectivity index (χ3n) is 4.39. The summed E-state index contributed by atoms with van der Waals surface area (Å²) in [6, 6.07) is 1.95. The average molecular weight is 359 g/mol. The Balaban J connectivity index is 2.00. The maximum absolute atomic E-state index is 12.3. The van der Waals surface area contributed by atoms with Crippen molar-refractivity contribution in [1.29, 1.82) is 0 Å². The highest BCUT2D eigenvalue weighted by molar-refractivity contribution is 9.11. The zero-order valence-electron chi connectivity index (χ0n) is 12.5. The van der Waals surface area contributed by atoms with Crippen molar-refractivity contribution in [1.82, 2.24) is 10.2 Å². The Morgan fingerprint density at radius 3 is 2.55 bits per heavy atom. The van der Waals surface area contributed by atoms with Gasteiger partial charge in [-0.3, -0.25) is 4.79 Å². The molecular formula is C15H23BrN2OS. The summed E-state index contributed by atoms with van der Waals surface area (Å²) < 4.78 is 1.04. The molecule has 0 bridgehead atoms. The fourth-order valence-electron chi connectivity index (χ4n) is 2.90. The number of thiophene rings is 1. The lowest BCUT2D eigenvalue weighted by Crippen LogP contribution is -2.53. The van der Waals surface area contributed by atoms with Gasteiger partial charge in [0.05, 0.1) is 8.66 Å². The van der Waals surface area contributed by atoms with Crippen LogP contribution in [-0.4, -0.2) is 37.0 Å². The molecule has 1 aliphatic rings. The Labute approximate surface area is 133 Å². The quantitative estimate of drug-likeness (QED) is 0.887. The SMILES string of the molecule is Cc1cc(C(=O)NCC2(N(C)C)CCCCC2)sc1Br. The van der Waals surface area contributed by atoms with E-state index in [0.717, 1.165) is 20.8 Å². The molecule has 0 unspecified atom stereocenters. The molecule has 0 aliphatic heterocycles. The number of nitrogens with one attached hydrogen (secondary N) is 1. The van der Waals surface area contributed by atoms with E-state index in [1.807, 2.05) is 13.0 Å². The van der Waals surface area contributed by atoms with Crippen LogP contribution in [0.1, 0.15) is 47.3 Å². The van der Waals surface area contributed by atoms with Gasteiger partial charge in [-0.1, -0.05) is 19.3 Å². The number of aryl methyl sites for hydroxylation is 1. The molecular weight excluding hydrogens is 336 g/mol. The summed E-state index contributed by atoms with van der Waals surface area (Å²) in [5.41, 5.74) is 1.26. The minimum atomic E-state index is 0.0515. The zero-order chi connectivity index (χ0) is 14.8. The van der Waals surface area contributed by atoms with E-state index < -0.39 is 0 Å². The van der Waals surface area contributed by atoms with E-state index in [1.165, 1.54) is 43.4 Å².